The molecular weight excluding hydrogens is 337 g/mol. The Morgan fingerprint density at radius 2 is 2.22 bits per heavy atom. The molecule has 0 aliphatic rings. The van der Waals surface area contributed by atoms with E-state index in [0.29, 0.717) is 10.6 Å². The maximum atomic E-state index is 13.9. The Kier molecular flexibility index (Phi) is 4.78. The fourth-order valence-electron chi connectivity index (χ4n) is 1.81. The van der Waals surface area contributed by atoms with Crippen LogP contribution in [0.3, 0.4) is 0 Å². The van der Waals surface area contributed by atoms with Gasteiger partial charge in [0.2, 0.25) is 0 Å². The lowest BCUT2D eigenvalue weighted by Gasteiger charge is -2.17. The average molecular weight is 349 g/mol. The van der Waals surface area contributed by atoms with Crippen molar-refractivity contribution in [3.63, 3.8) is 0 Å². The molecule has 18 heavy (non-hydrogen) atoms. The first kappa shape index (κ1) is 14.0. The summed E-state index contributed by atoms with van der Waals surface area (Å²) >= 11 is 10.9. The van der Waals surface area contributed by atoms with Crippen molar-refractivity contribution in [3.8, 4) is 0 Å². The third-order valence-electron chi connectivity index (χ3n) is 2.77. The Morgan fingerprint density at radius 1 is 1.44 bits per heavy atom. The van der Waals surface area contributed by atoms with Crippen molar-refractivity contribution in [1.29, 1.82) is 0 Å². The molecule has 1 N–H and O–H groups in total. The lowest BCUT2D eigenvalue weighted by Crippen LogP contribution is -2.19. The van der Waals surface area contributed by atoms with Crippen LogP contribution in [0.2, 0.25) is 5.02 Å². The first-order valence-electron chi connectivity index (χ1n) is 5.46. The highest BCUT2D eigenvalue weighted by molar-refractivity contribution is 9.10. The smallest absolute Gasteiger partial charge is 0.129 e. The van der Waals surface area contributed by atoms with Gasteiger partial charge in [0, 0.05) is 32.4 Å². The largest absolute Gasteiger partial charge is 0.313 e. The fraction of sp³-hybridized carbons (Fsp3) is 0.231. The van der Waals surface area contributed by atoms with Crippen LogP contribution >= 0.6 is 38.9 Å². The van der Waals surface area contributed by atoms with E-state index in [0.717, 1.165) is 10.9 Å². The van der Waals surface area contributed by atoms with Gasteiger partial charge in [-0.2, -0.15) is 0 Å². The van der Waals surface area contributed by atoms with Gasteiger partial charge in [0.15, 0.2) is 0 Å². The van der Waals surface area contributed by atoms with Gasteiger partial charge in [-0.25, -0.2) is 4.39 Å². The lowest BCUT2D eigenvalue weighted by molar-refractivity contribution is 0.536. The summed E-state index contributed by atoms with van der Waals surface area (Å²) in [5.41, 5.74) is 0.641. The summed E-state index contributed by atoms with van der Waals surface area (Å²) in [7, 11) is 1.83. The van der Waals surface area contributed by atoms with E-state index in [1.54, 1.807) is 23.5 Å². The van der Waals surface area contributed by atoms with E-state index >= 15 is 0 Å². The van der Waals surface area contributed by atoms with Crippen LogP contribution in [0.4, 0.5) is 4.39 Å². The van der Waals surface area contributed by atoms with Crippen LogP contribution in [0.25, 0.3) is 0 Å². The van der Waals surface area contributed by atoms with Crippen molar-refractivity contribution in [2.45, 2.75) is 12.5 Å². The lowest BCUT2D eigenvalue weighted by atomic mass is 10.0. The van der Waals surface area contributed by atoms with Crippen molar-refractivity contribution in [1.82, 2.24) is 5.32 Å². The molecule has 1 aromatic carbocycles. The fourth-order valence-corrected chi connectivity index (χ4v) is 3.53. The zero-order valence-corrected chi connectivity index (χ0v) is 12.9. The Labute approximate surface area is 123 Å². The number of hydrogen-bond donors (Lipinski definition) is 1. The van der Waals surface area contributed by atoms with Gasteiger partial charge in [0.05, 0.1) is 0 Å². The molecule has 1 aromatic heterocycles. The Balaban J connectivity index is 2.26. The van der Waals surface area contributed by atoms with Gasteiger partial charge in [-0.15, -0.1) is 11.3 Å². The summed E-state index contributed by atoms with van der Waals surface area (Å²) in [6.07, 6.45) is 0.743. The molecule has 0 aliphatic heterocycles. The maximum absolute atomic E-state index is 13.9. The third kappa shape index (κ3) is 3.12. The maximum Gasteiger partial charge on any atom is 0.129 e. The highest BCUT2D eigenvalue weighted by atomic mass is 79.9. The van der Waals surface area contributed by atoms with E-state index in [2.05, 4.69) is 21.2 Å². The van der Waals surface area contributed by atoms with Crippen LogP contribution in [-0.2, 0) is 6.42 Å². The molecule has 0 aliphatic carbocycles. The molecule has 0 bridgehead atoms. The first-order chi connectivity index (χ1) is 8.61. The predicted molar refractivity (Wildman–Crippen MR) is 78.9 cm³/mol. The van der Waals surface area contributed by atoms with Crippen LogP contribution in [0.15, 0.2) is 34.1 Å². The topological polar surface area (TPSA) is 12.0 Å². The van der Waals surface area contributed by atoms with Gasteiger partial charge in [-0.1, -0.05) is 17.7 Å². The molecule has 1 nitrogen and oxygen atoms in total. The average Bonchev–Trinajstić information content (AvgIpc) is 2.73. The Morgan fingerprint density at radius 3 is 2.78 bits per heavy atom. The van der Waals surface area contributed by atoms with E-state index < -0.39 is 0 Å². The van der Waals surface area contributed by atoms with Crippen molar-refractivity contribution in [3.05, 3.63) is 55.4 Å². The molecule has 2 aromatic rings. The van der Waals surface area contributed by atoms with E-state index in [9.17, 15) is 4.39 Å². The molecule has 1 heterocycles. The minimum Gasteiger partial charge on any atom is -0.313 e. The van der Waals surface area contributed by atoms with Crippen LogP contribution in [0.1, 0.15) is 16.5 Å². The van der Waals surface area contributed by atoms with E-state index in [-0.39, 0.29) is 11.9 Å². The molecule has 0 amide bonds. The molecule has 1 unspecified atom stereocenters. The highest BCUT2D eigenvalue weighted by Crippen LogP contribution is 2.29. The van der Waals surface area contributed by atoms with Gasteiger partial charge in [-0.3, -0.25) is 0 Å². The summed E-state index contributed by atoms with van der Waals surface area (Å²) < 4.78 is 15.0. The minimum atomic E-state index is -0.269. The second-order valence-corrected chi connectivity index (χ2v) is 6.19. The van der Waals surface area contributed by atoms with Crippen molar-refractivity contribution in [2.24, 2.45) is 0 Å². The number of benzene rings is 1. The zero-order valence-electron chi connectivity index (χ0n) is 9.71. The molecule has 0 saturated heterocycles. The summed E-state index contributed by atoms with van der Waals surface area (Å²) in [6, 6.07) is 6.75. The standard InChI is InChI=1S/C13H12BrClFNS/c1-17-12(7-13-10(14)4-5-18-13)9-3-2-8(15)6-11(9)16/h2-6,12,17H,7H2,1H3. The summed E-state index contributed by atoms with van der Waals surface area (Å²) in [5.74, 6) is -0.269. The Hall–Kier alpha value is -0.420. The second-order valence-electron chi connectivity index (χ2n) is 3.90. The normalized spacial score (nSPS) is 12.7. The van der Waals surface area contributed by atoms with Crippen LogP contribution in [-0.4, -0.2) is 7.05 Å². The van der Waals surface area contributed by atoms with E-state index in [1.807, 2.05) is 18.5 Å². The molecule has 0 fully saturated rings. The second kappa shape index (κ2) is 6.15. The van der Waals surface area contributed by atoms with Crippen molar-refractivity contribution in [2.75, 3.05) is 7.05 Å². The van der Waals surface area contributed by atoms with Crippen molar-refractivity contribution >= 4 is 38.9 Å². The molecule has 2 rings (SSSR count). The van der Waals surface area contributed by atoms with Gasteiger partial charge in [0.25, 0.3) is 0 Å². The quantitative estimate of drug-likeness (QED) is 0.836. The van der Waals surface area contributed by atoms with E-state index in [1.165, 1.54) is 10.9 Å². The van der Waals surface area contributed by atoms with Gasteiger partial charge >= 0.3 is 0 Å². The molecular formula is C13H12BrClFNS. The number of likely N-dealkylation sites (N-methyl/N-ethyl adjacent to an activating group) is 1. The predicted octanol–water partition coefficient (Wildman–Crippen LogP) is 4.81. The molecule has 5 heteroatoms. The highest BCUT2D eigenvalue weighted by Gasteiger charge is 2.16. The minimum absolute atomic E-state index is 0.0581. The van der Waals surface area contributed by atoms with E-state index in [4.69, 9.17) is 11.6 Å². The number of nitrogens with one attached hydrogen (secondary N) is 1. The van der Waals surface area contributed by atoms with Crippen LogP contribution in [0, 0.1) is 5.82 Å². The first-order valence-corrected chi connectivity index (χ1v) is 7.51. The number of thiophene rings is 1. The van der Waals surface area contributed by atoms with Crippen LogP contribution < -0.4 is 5.32 Å². The number of hydrogen-bond acceptors (Lipinski definition) is 2. The van der Waals surface area contributed by atoms with Gasteiger partial charge in [-0.05, 0) is 46.6 Å². The van der Waals surface area contributed by atoms with Crippen molar-refractivity contribution < 1.29 is 4.39 Å². The molecule has 0 spiro atoms. The molecule has 1 atom stereocenters. The number of rotatable bonds is 4. The summed E-state index contributed by atoms with van der Waals surface area (Å²) in [5, 5.41) is 5.58. The third-order valence-corrected chi connectivity index (χ3v) is 4.95. The summed E-state index contributed by atoms with van der Waals surface area (Å²) in [6.45, 7) is 0. The zero-order chi connectivity index (χ0) is 13.1. The monoisotopic (exact) mass is 347 g/mol. The van der Waals surface area contributed by atoms with Gasteiger partial charge in [0.1, 0.15) is 5.82 Å². The summed E-state index contributed by atoms with van der Waals surface area (Å²) in [4.78, 5) is 1.20. The SMILES string of the molecule is CNC(Cc1sccc1Br)c1ccc(Cl)cc1F. The van der Waals surface area contributed by atoms with Gasteiger partial charge < -0.3 is 5.32 Å². The molecule has 96 valence electrons. The number of halogens is 3. The molecule has 0 saturated carbocycles. The Bertz CT molecular complexity index is 544. The van der Waals surface area contributed by atoms with Crippen LogP contribution in [0.5, 0.6) is 0 Å². The molecule has 0 radical (unpaired) electrons.